The van der Waals surface area contributed by atoms with E-state index >= 15 is 0 Å². The van der Waals surface area contributed by atoms with Crippen LogP contribution in [0, 0.1) is 20.8 Å². The number of amides is 1. The van der Waals surface area contributed by atoms with Crippen molar-refractivity contribution < 1.29 is 4.79 Å². The minimum atomic E-state index is -0.178. The van der Waals surface area contributed by atoms with Crippen molar-refractivity contribution in [2.45, 2.75) is 34.1 Å². The van der Waals surface area contributed by atoms with Crippen LogP contribution in [-0.2, 0) is 6.42 Å². The first-order valence-electron chi connectivity index (χ1n) is 8.42. The van der Waals surface area contributed by atoms with Gasteiger partial charge in [0.1, 0.15) is 17.1 Å². The van der Waals surface area contributed by atoms with Gasteiger partial charge in [0, 0.05) is 16.9 Å². The topological polar surface area (TPSA) is 79.8 Å². The number of para-hydroxylation sites is 1. The first kappa shape index (κ1) is 18.0. The van der Waals surface area contributed by atoms with Gasteiger partial charge in [-0.3, -0.25) is 4.79 Å². The quantitative estimate of drug-likeness (QED) is 0.698. The molecule has 134 valence electrons. The van der Waals surface area contributed by atoms with Crippen LogP contribution in [0.2, 0.25) is 0 Å². The van der Waals surface area contributed by atoms with Crippen LogP contribution in [0.3, 0.4) is 0 Å². The van der Waals surface area contributed by atoms with E-state index in [1.165, 1.54) is 17.9 Å². The molecule has 0 saturated carbocycles. The minimum absolute atomic E-state index is 0.178. The molecule has 0 fully saturated rings. The van der Waals surface area contributed by atoms with E-state index in [9.17, 15) is 4.79 Å². The molecular weight excluding hydrogens is 346 g/mol. The lowest BCUT2D eigenvalue weighted by Crippen LogP contribution is -2.15. The molecule has 0 saturated heterocycles. The van der Waals surface area contributed by atoms with Crippen LogP contribution in [-0.4, -0.2) is 20.2 Å². The second-order valence-electron chi connectivity index (χ2n) is 5.99. The lowest BCUT2D eigenvalue weighted by atomic mass is 10.1. The highest BCUT2D eigenvalue weighted by Crippen LogP contribution is 2.30. The Morgan fingerprint density at radius 2 is 1.88 bits per heavy atom. The van der Waals surface area contributed by atoms with Crippen LogP contribution in [0.4, 0.5) is 16.5 Å². The van der Waals surface area contributed by atoms with Gasteiger partial charge in [-0.25, -0.2) is 9.97 Å². The molecule has 2 aromatic heterocycles. The molecule has 2 N–H and O–H groups in total. The van der Waals surface area contributed by atoms with Crippen molar-refractivity contribution in [3.63, 3.8) is 0 Å². The molecule has 0 spiro atoms. The molecule has 26 heavy (non-hydrogen) atoms. The Labute approximate surface area is 156 Å². The van der Waals surface area contributed by atoms with Gasteiger partial charge >= 0.3 is 0 Å². The lowest BCUT2D eigenvalue weighted by molar-refractivity contribution is 0.102. The molecule has 2 heterocycles. The van der Waals surface area contributed by atoms with E-state index in [2.05, 4.69) is 31.9 Å². The molecule has 7 heteroatoms. The molecule has 0 aliphatic heterocycles. The van der Waals surface area contributed by atoms with E-state index in [0.29, 0.717) is 22.1 Å². The number of benzene rings is 1. The summed E-state index contributed by atoms with van der Waals surface area (Å²) >= 11 is 1.25. The van der Waals surface area contributed by atoms with Gasteiger partial charge in [-0.2, -0.15) is 4.37 Å². The maximum atomic E-state index is 12.9. The molecular formula is C19H21N5OS. The van der Waals surface area contributed by atoms with E-state index in [1.807, 2.05) is 45.0 Å². The number of anilines is 3. The number of nitrogens with zero attached hydrogens (tertiary/aromatic N) is 3. The normalized spacial score (nSPS) is 10.6. The Bertz CT molecular complexity index is 951. The summed E-state index contributed by atoms with van der Waals surface area (Å²) in [4.78, 5) is 21.4. The van der Waals surface area contributed by atoms with Crippen LogP contribution in [0.1, 0.15) is 39.8 Å². The van der Waals surface area contributed by atoms with Gasteiger partial charge in [0.15, 0.2) is 0 Å². The smallest absolute Gasteiger partial charge is 0.260 e. The van der Waals surface area contributed by atoms with E-state index in [1.54, 1.807) is 0 Å². The SMILES string of the molecule is CCc1ccccc1NC(=O)c1c(C)nsc1Nc1ncnc(C)c1C. The fraction of sp³-hybridized carbons (Fsp3) is 0.263. The third-order valence-electron chi connectivity index (χ3n) is 4.30. The first-order chi connectivity index (χ1) is 12.5. The highest BCUT2D eigenvalue weighted by atomic mass is 32.1. The molecule has 0 bridgehead atoms. The molecule has 0 aliphatic rings. The molecule has 3 aromatic rings. The largest absolute Gasteiger partial charge is 0.330 e. The predicted molar refractivity (Wildman–Crippen MR) is 105 cm³/mol. The van der Waals surface area contributed by atoms with Crippen LogP contribution in [0.25, 0.3) is 0 Å². The van der Waals surface area contributed by atoms with Crippen LogP contribution in [0.15, 0.2) is 30.6 Å². The highest BCUT2D eigenvalue weighted by Gasteiger charge is 2.20. The zero-order valence-electron chi connectivity index (χ0n) is 15.3. The van der Waals surface area contributed by atoms with Crippen molar-refractivity contribution in [3.8, 4) is 0 Å². The number of rotatable bonds is 5. The van der Waals surface area contributed by atoms with Crippen molar-refractivity contribution in [1.29, 1.82) is 0 Å². The van der Waals surface area contributed by atoms with Gasteiger partial charge in [0.05, 0.1) is 11.3 Å². The van der Waals surface area contributed by atoms with Gasteiger partial charge < -0.3 is 10.6 Å². The Morgan fingerprint density at radius 3 is 2.65 bits per heavy atom. The fourth-order valence-electron chi connectivity index (χ4n) is 2.63. The van der Waals surface area contributed by atoms with Gasteiger partial charge in [-0.1, -0.05) is 25.1 Å². The monoisotopic (exact) mass is 367 g/mol. The third-order valence-corrected chi connectivity index (χ3v) is 5.16. The average Bonchev–Trinajstić information content (AvgIpc) is 3.00. The summed E-state index contributed by atoms with van der Waals surface area (Å²) in [6.45, 7) is 7.77. The molecule has 0 aliphatic carbocycles. The number of hydrogen-bond acceptors (Lipinski definition) is 6. The van der Waals surface area contributed by atoms with Crippen molar-refractivity contribution >= 4 is 33.9 Å². The Kier molecular flexibility index (Phi) is 5.27. The number of aromatic nitrogens is 3. The standard InChI is InChI=1S/C19H21N5OS/c1-5-14-8-6-7-9-15(14)22-18(25)16-13(4)24-26-19(16)23-17-11(2)12(3)20-10-21-17/h6-10H,5H2,1-4H3,(H,22,25)(H,20,21,23). The molecule has 1 amide bonds. The lowest BCUT2D eigenvalue weighted by Gasteiger charge is -2.12. The summed E-state index contributed by atoms with van der Waals surface area (Å²) in [6, 6.07) is 7.82. The summed E-state index contributed by atoms with van der Waals surface area (Å²) in [5.41, 5.74) is 4.99. The zero-order chi connectivity index (χ0) is 18.7. The van der Waals surface area contributed by atoms with Crippen LogP contribution >= 0.6 is 11.5 Å². The van der Waals surface area contributed by atoms with Gasteiger partial charge in [0.25, 0.3) is 5.91 Å². The Morgan fingerprint density at radius 1 is 1.12 bits per heavy atom. The van der Waals surface area contributed by atoms with Gasteiger partial charge in [-0.05, 0) is 50.4 Å². The van der Waals surface area contributed by atoms with E-state index in [-0.39, 0.29) is 5.91 Å². The number of aryl methyl sites for hydroxylation is 3. The highest BCUT2D eigenvalue weighted by molar-refractivity contribution is 7.10. The average molecular weight is 367 g/mol. The molecule has 6 nitrogen and oxygen atoms in total. The molecule has 0 radical (unpaired) electrons. The number of nitrogens with one attached hydrogen (secondary N) is 2. The summed E-state index contributed by atoms with van der Waals surface area (Å²) in [6.07, 6.45) is 2.36. The third kappa shape index (κ3) is 3.57. The molecule has 0 atom stereocenters. The number of carbonyl (C=O) groups is 1. The van der Waals surface area contributed by atoms with Crippen molar-refractivity contribution in [2.24, 2.45) is 0 Å². The number of carbonyl (C=O) groups excluding carboxylic acids is 1. The maximum Gasteiger partial charge on any atom is 0.260 e. The van der Waals surface area contributed by atoms with Crippen LogP contribution in [0.5, 0.6) is 0 Å². The maximum absolute atomic E-state index is 12.9. The molecule has 1 aromatic carbocycles. The minimum Gasteiger partial charge on any atom is -0.330 e. The van der Waals surface area contributed by atoms with Crippen molar-refractivity contribution in [2.75, 3.05) is 10.6 Å². The predicted octanol–water partition coefficient (Wildman–Crippen LogP) is 4.42. The summed E-state index contributed by atoms with van der Waals surface area (Å²) in [7, 11) is 0. The van der Waals surface area contributed by atoms with Crippen molar-refractivity contribution in [3.05, 3.63) is 58.7 Å². The second-order valence-corrected chi connectivity index (χ2v) is 6.77. The number of hydrogen-bond donors (Lipinski definition) is 2. The van der Waals surface area contributed by atoms with Gasteiger partial charge in [0.2, 0.25) is 0 Å². The van der Waals surface area contributed by atoms with E-state index in [4.69, 9.17) is 0 Å². The van der Waals surface area contributed by atoms with Gasteiger partial charge in [-0.15, -0.1) is 0 Å². The molecule has 3 rings (SSSR count). The van der Waals surface area contributed by atoms with E-state index < -0.39 is 0 Å². The Hall–Kier alpha value is -2.80. The van der Waals surface area contributed by atoms with E-state index in [0.717, 1.165) is 28.9 Å². The van der Waals surface area contributed by atoms with Crippen molar-refractivity contribution in [1.82, 2.24) is 14.3 Å². The fourth-order valence-corrected chi connectivity index (χ4v) is 3.42. The zero-order valence-corrected chi connectivity index (χ0v) is 16.1. The first-order valence-corrected chi connectivity index (χ1v) is 9.19. The Balaban J connectivity index is 1.90. The van der Waals surface area contributed by atoms with Crippen LogP contribution < -0.4 is 10.6 Å². The molecule has 0 unspecified atom stereocenters. The summed E-state index contributed by atoms with van der Waals surface area (Å²) in [5.74, 6) is 0.507. The summed E-state index contributed by atoms with van der Waals surface area (Å²) < 4.78 is 4.35. The second kappa shape index (κ2) is 7.61. The summed E-state index contributed by atoms with van der Waals surface area (Å²) in [5, 5.41) is 6.93.